The van der Waals surface area contributed by atoms with E-state index in [1.165, 1.54) is 6.07 Å². The topological polar surface area (TPSA) is 97.2 Å². The van der Waals surface area contributed by atoms with Crippen LogP contribution in [0.1, 0.15) is 36.5 Å². The van der Waals surface area contributed by atoms with Gasteiger partial charge < -0.3 is 10.6 Å². The average molecular weight is 278 g/mol. The fraction of sp³-hybridized carbons (Fsp3) is 0.538. The number of rotatable bonds is 7. The molecule has 1 aromatic heterocycles. The van der Waals surface area contributed by atoms with Gasteiger partial charge in [-0.15, -0.1) is 0 Å². The minimum Gasteiger partial charge on any atom is -0.369 e. The summed E-state index contributed by atoms with van der Waals surface area (Å²) in [6.07, 6.45) is 4.31. The second-order valence-electron chi connectivity index (χ2n) is 4.93. The predicted molar refractivity (Wildman–Crippen MR) is 74.7 cm³/mol. The average Bonchev–Trinajstić information content (AvgIpc) is 3.26. The molecular formula is C13H18N4O3. The molecule has 2 rings (SSSR count). The van der Waals surface area contributed by atoms with Gasteiger partial charge in [-0.1, -0.05) is 6.92 Å². The van der Waals surface area contributed by atoms with Crippen LogP contribution in [0.15, 0.2) is 12.3 Å². The van der Waals surface area contributed by atoms with E-state index >= 15 is 0 Å². The molecule has 0 bridgehead atoms. The molecule has 0 unspecified atom stereocenters. The number of nitro groups is 1. The summed E-state index contributed by atoms with van der Waals surface area (Å²) in [4.78, 5) is 26.4. The summed E-state index contributed by atoms with van der Waals surface area (Å²) in [5, 5.41) is 16.6. The van der Waals surface area contributed by atoms with Gasteiger partial charge in [0, 0.05) is 19.2 Å². The van der Waals surface area contributed by atoms with E-state index in [9.17, 15) is 14.9 Å². The third-order valence-corrected chi connectivity index (χ3v) is 3.12. The minimum atomic E-state index is -0.547. The first kappa shape index (κ1) is 14.2. The van der Waals surface area contributed by atoms with Crippen LogP contribution in [0.5, 0.6) is 0 Å². The lowest BCUT2D eigenvalue weighted by Crippen LogP contribution is -2.27. The monoisotopic (exact) mass is 278 g/mol. The first-order valence-corrected chi connectivity index (χ1v) is 6.78. The highest BCUT2D eigenvalue weighted by atomic mass is 16.6. The van der Waals surface area contributed by atoms with Gasteiger partial charge in [-0.2, -0.15) is 0 Å². The normalized spacial score (nSPS) is 13.8. The summed E-state index contributed by atoms with van der Waals surface area (Å²) in [6, 6.07) is 1.27. The van der Waals surface area contributed by atoms with E-state index in [4.69, 9.17) is 0 Å². The van der Waals surface area contributed by atoms with Crippen molar-refractivity contribution < 1.29 is 9.72 Å². The van der Waals surface area contributed by atoms with Crippen molar-refractivity contribution in [1.29, 1.82) is 0 Å². The summed E-state index contributed by atoms with van der Waals surface area (Å²) < 4.78 is 0. The summed E-state index contributed by atoms with van der Waals surface area (Å²) in [7, 11) is 0. The molecule has 1 amide bonds. The third kappa shape index (κ3) is 3.66. The van der Waals surface area contributed by atoms with Gasteiger partial charge in [0.1, 0.15) is 12.0 Å². The molecule has 0 spiro atoms. The Labute approximate surface area is 116 Å². The van der Waals surface area contributed by atoms with E-state index in [1.54, 1.807) is 0 Å². The number of pyridine rings is 1. The number of aromatic nitrogens is 1. The molecule has 2 N–H and O–H groups in total. The van der Waals surface area contributed by atoms with Crippen LogP contribution < -0.4 is 10.6 Å². The number of carbonyl (C=O) groups excluding carboxylic acids is 1. The summed E-state index contributed by atoms with van der Waals surface area (Å²) >= 11 is 0. The smallest absolute Gasteiger partial charge is 0.288 e. The Bertz CT molecular complexity index is 514. The number of hydrogen-bond acceptors (Lipinski definition) is 5. The zero-order valence-electron chi connectivity index (χ0n) is 11.4. The first-order valence-electron chi connectivity index (χ1n) is 6.78. The Balaban J connectivity index is 2.17. The fourth-order valence-electron chi connectivity index (χ4n) is 1.77. The van der Waals surface area contributed by atoms with Gasteiger partial charge in [0.05, 0.1) is 10.5 Å². The third-order valence-electron chi connectivity index (χ3n) is 3.12. The molecule has 108 valence electrons. The lowest BCUT2D eigenvalue weighted by atomic mass is 10.2. The molecule has 0 atom stereocenters. The van der Waals surface area contributed by atoms with Crippen LogP contribution in [0.2, 0.25) is 0 Å². The molecule has 1 heterocycles. The van der Waals surface area contributed by atoms with E-state index in [1.807, 2.05) is 6.92 Å². The zero-order valence-corrected chi connectivity index (χ0v) is 11.4. The Hall–Kier alpha value is -2.18. The molecule has 7 nitrogen and oxygen atoms in total. The van der Waals surface area contributed by atoms with Crippen molar-refractivity contribution in [3.63, 3.8) is 0 Å². The molecule has 1 aromatic rings. The van der Waals surface area contributed by atoms with Gasteiger partial charge >= 0.3 is 0 Å². The van der Waals surface area contributed by atoms with Gasteiger partial charge in [0.15, 0.2) is 0 Å². The van der Waals surface area contributed by atoms with Gasteiger partial charge in [0.25, 0.3) is 11.6 Å². The number of amides is 1. The molecule has 0 aromatic carbocycles. The molecule has 1 aliphatic rings. The molecular weight excluding hydrogens is 260 g/mol. The summed E-state index contributed by atoms with van der Waals surface area (Å²) in [5.41, 5.74) is 0.0527. The lowest BCUT2D eigenvalue weighted by Gasteiger charge is -2.10. The molecule has 1 fully saturated rings. The summed E-state index contributed by atoms with van der Waals surface area (Å²) in [5.74, 6) is 0.634. The number of anilines is 1. The van der Waals surface area contributed by atoms with Crippen molar-refractivity contribution in [1.82, 2.24) is 10.3 Å². The van der Waals surface area contributed by atoms with Crippen molar-refractivity contribution in [3.8, 4) is 0 Å². The number of nitrogens with zero attached hydrogens (tertiary/aromatic N) is 2. The molecule has 0 aliphatic heterocycles. The van der Waals surface area contributed by atoms with Crippen LogP contribution in [-0.4, -0.2) is 28.9 Å². The zero-order chi connectivity index (χ0) is 14.5. The lowest BCUT2D eigenvalue weighted by molar-refractivity contribution is -0.385. The summed E-state index contributed by atoms with van der Waals surface area (Å²) in [6.45, 7) is 3.27. The maximum Gasteiger partial charge on any atom is 0.288 e. The van der Waals surface area contributed by atoms with Crippen molar-refractivity contribution >= 4 is 17.4 Å². The highest BCUT2D eigenvalue weighted by Crippen LogP contribution is 2.28. The quantitative estimate of drug-likeness (QED) is 0.587. The first-order chi connectivity index (χ1) is 9.61. The van der Waals surface area contributed by atoms with Crippen molar-refractivity contribution in [2.24, 2.45) is 5.92 Å². The van der Waals surface area contributed by atoms with E-state index in [0.717, 1.165) is 25.5 Å². The van der Waals surface area contributed by atoms with Gasteiger partial charge in [-0.05, 0) is 25.2 Å². The maximum absolute atomic E-state index is 12.1. The predicted octanol–water partition coefficient (Wildman–Crippen LogP) is 1.95. The Kier molecular flexibility index (Phi) is 4.49. The van der Waals surface area contributed by atoms with Crippen molar-refractivity contribution in [3.05, 3.63) is 27.9 Å². The van der Waals surface area contributed by atoms with E-state index in [0.29, 0.717) is 24.8 Å². The van der Waals surface area contributed by atoms with Crippen molar-refractivity contribution in [2.45, 2.75) is 26.2 Å². The van der Waals surface area contributed by atoms with Crippen LogP contribution in [0.3, 0.4) is 0 Å². The largest absolute Gasteiger partial charge is 0.369 e. The highest BCUT2D eigenvalue weighted by molar-refractivity contribution is 5.99. The Morgan fingerprint density at radius 3 is 2.90 bits per heavy atom. The number of carbonyl (C=O) groups is 1. The maximum atomic E-state index is 12.1. The highest BCUT2D eigenvalue weighted by Gasteiger charge is 2.23. The number of nitrogens with one attached hydrogen (secondary N) is 2. The van der Waals surface area contributed by atoms with E-state index < -0.39 is 4.92 Å². The van der Waals surface area contributed by atoms with Crippen LogP contribution in [-0.2, 0) is 0 Å². The number of hydrogen-bond donors (Lipinski definition) is 2. The molecule has 0 saturated heterocycles. The van der Waals surface area contributed by atoms with Gasteiger partial charge in [0.2, 0.25) is 0 Å². The van der Waals surface area contributed by atoms with Crippen molar-refractivity contribution in [2.75, 3.05) is 18.4 Å². The standard InChI is InChI=1S/C13H18N4O3/c1-2-5-14-12-11(6-10(8-15-12)17(19)20)13(18)16-7-9-3-4-9/h6,8-9H,2-5,7H2,1H3,(H,14,15)(H,16,18). The molecule has 0 radical (unpaired) electrons. The Morgan fingerprint density at radius 2 is 2.30 bits per heavy atom. The van der Waals surface area contributed by atoms with Crippen LogP contribution >= 0.6 is 0 Å². The molecule has 20 heavy (non-hydrogen) atoms. The van der Waals surface area contributed by atoms with Gasteiger partial charge in [-0.25, -0.2) is 4.98 Å². The van der Waals surface area contributed by atoms with Crippen LogP contribution in [0, 0.1) is 16.0 Å². The van der Waals surface area contributed by atoms with Gasteiger partial charge in [-0.3, -0.25) is 14.9 Å². The second kappa shape index (κ2) is 6.31. The minimum absolute atomic E-state index is 0.177. The van der Waals surface area contributed by atoms with Crippen LogP contribution in [0.4, 0.5) is 11.5 Å². The molecule has 1 saturated carbocycles. The molecule has 1 aliphatic carbocycles. The van der Waals surface area contributed by atoms with Crippen LogP contribution in [0.25, 0.3) is 0 Å². The fourth-order valence-corrected chi connectivity index (χ4v) is 1.77. The second-order valence-corrected chi connectivity index (χ2v) is 4.93. The Morgan fingerprint density at radius 1 is 1.55 bits per heavy atom. The van der Waals surface area contributed by atoms with E-state index in [2.05, 4.69) is 15.6 Å². The SMILES string of the molecule is CCCNc1ncc([N+](=O)[O-])cc1C(=O)NCC1CC1. The molecule has 7 heteroatoms. The van der Waals surface area contributed by atoms with E-state index in [-0.39, 0.29) is 17.2 Å².